The Morgan fingerprint density at radius 2 is 2.42 bits per heavy atom. The van der Waals surface area contributed by atoms with Crippen molar-refractivity contribution in [1.82, 2.24) is 25.3 Å². The summed E-state index contributed by atoms with van der Waals surface area (Å²) in [6.07, 6.45) is 5.08. The number of amides is 1. The minimum absolute atomic E-state index is 0.0333. The first-order chi connectivity index (χ1) is 11.6. The van der Waals surface area contributed by atoms with E-state index in [1.165, 1.54) is 0 Å². The number of aromatic nitrogens is 2. The molecule has 0 radical (unpaired) electrons. The van der Waals surface area contributed by atoms with Gasteiger partial charge in [-0.3, -0.25) is 9.48 Å². The minimum atomic E-state index is -0.132. The Labute approximate surface area is 144 Å². The number of carbonyl (C=O) groups excluding carboxylic acids is 1. The second-order valence-electron chi connectivity index (χ2n) is 6.56. The first-order valence-electron chi connectivity index (χ1n) is 8.90. The van der Waals surface area contributed by atoms with E-state index in [1.54, 1.807) is 6.07 Å². The van der Waals surface area contributed by atoms with Crippen LogP contribution in [0.2, 0.25) is 0 Å². The van der Waals surface area contributed by atoms with Crippen LogP contribution < -0.4 is 10.6 Å². The number of piperidine rings is 1. The van der Waals surface area contributed by atoms with Crippen LogP contribution >= 0.6 is 0 Å². The lowest BCUT2D eigenvalue weighted by atomic mass is 10.1. The standard InChI is InChI=1S/C17H31N5O2/c1-4-24-15(7-10-21(2)3)13-19-17(23)16-8-11-22(20-16)14-6-5-9-18-12-14/h8,11,14-15,18H,4-7,9-10,12-13H2,1-3H3,(H,19,23). The van der Waals surface area contributed by atoms with Crippen molar-refractivity contribution in [3.8, 4) is 0 Å². The summed E-state index contributed by atoms with van der Waals surface area (Å²) in [4.78, 5) is 14.4. The number of hydrogen-bond donors (Lipinski definition) is 2. The van der Waals surface area contributed by atoms with Gasteiger partial charge in [0.05, 0.1) is 12.1 Å². The van der Waals surface area contributed by atoms with Gasteiger partial charge >= 0.3 is 0 Å². The zero-order valence-corrected chi connectivity index (χ0v) is 15.1. The predicted octanol–water partition coefficient (Wildman–Crippen LogP) is 0.894. The van der Waals surface area contributed by atoms with E-state index in [0.717, 1.165) is 38.9 Å². The highest BCUT2D eigenvalue weighted by atomic mass is 16.5. The Kier molecular flexibility index (Phi) is 7.68. The zero-order valence-electron chi connectivity index (χ0n) is 15.1. The first-order valence-corrected chi connectivity index (χ1v) is 8.90. The molecule has 2 heterocycles. The summed E-state index contributed by atoms with van der Waals surface area (Å²) < 4.78 is 7.61. The highest BCUT2D eigenvalue weighted by Gasteiger charge is 2.18. The molecule has 2 rings (SSSR count). The molecule has 0 aromatic carbocycles. The molecule has 0 saturated carbocycles. The van der Waals surface area contributed by atoms with Crippen LogP contribution in [0.3, 0.4) is 0 Å². The Morgan fingerprint density at radius 3 is 3.08 bits per heavy atom. The second-order valence-corrected chi connectivity index (χ2v) is 6.56. The van der Waals surface area contributed by atoms with E-state index >= 15 is 0 Å². The van der Waals surface area contributed by atoms with Crippen LogP contribution in [-0.4, -0.2) is 73.6 Å². The predicted molar refractivity (Wildman–Crippen MR) is 94.3 cm³/mol. The van der Waals surface area contributed by atoms with Crippen molar-refractivity contribution in [3.63, 3.8) is 0 Å². The normalized spacial score (nSPS) is 19.4. The summed E-state index contributed by atoms with van der Waals surface area (Å²) in [5.74, 6) is -0.132. The van der Waals surface area contributed by atoms with Crippen LogP contribution in [0.1, 0.15) is 42.7 Å². The van der Waals surface area contributed by atoms with Gasteiger partial charge in [0.2, 0.25) is 0 Å². The maximum Gasteiger partial charge on any atom is 0.271 e. The molecule has 1 aliphatic heterocycles. The largest absolute Gasteiger partial charge is 0.377 e. The smallest absolute Gasteiger partial charge is 0.271 e. The highest BCUT2D eigenvalue weighted by Crippen LogP contribution is 2.15. The third-order valence-corrected chi connectivity index (χ3v) is 4.28. The summed E-state index contributed by atoms with van der Waals surface area (Å²) in [6, 6.07) is 2.14. The van der Waals surface area contributed by atoms with Gasteiger partial charge in [0.15, 0.2) is 0 Å². The van der Waals surface area contributed by atoms with Crippen LogP contribution in [-0.2, 0) is 4.74 Å². The molecule has 7 heteroatoms. The number of nitrogens with zero attached hydrogens (tertiary/aromatic N) is 3. The van der Waals surface area contributed by atoms with Crippen molar-refractivity contribution in [2.24, 2.45) is 0 Å². The van der Waals surface area contributed by atoms with Gasteiger partial charge in [-0.1, -0.05) is 0 Å². The van der Waals surface area contributed by atoms with Gasteiger partial charge in [0.1, 0.15) is 5.69 Å². The third-order valence-electron chi connectivity index (χ3n) is 4.28. The summed E-state index contributed by atoms with van der Waals surface area (Å²) in [5.41, 5.74) is 0.475. The van der Waals surface area contributed by atoms with Crippen molar-refractivity contribution in [3.05, 3.63) is 18.0 Å². The van der Waals surface area contributed by atoms with Gasteiger partial charge < -0.3 is 20.3 Å². The molecule has 0 aliphatic carbocycles. The van der Waals surface area contributed by atoms with Crippen molar-refractivity contribution in [2.45, 2.75) is 38.3 Å². The van der Waals surface area contributed by atoms with E-state index in [1.807, 2.05) is 31.9 Å². The number of carbonyl (C=O) groups is 1. The fourth-order valence-electron chi connectivity index (χ4n) is 2.90. The molecule has 2 atom stereocenters. The molecule has 1 fully saturated rings. The molecule has 2 N–H and O–H groups in total. The van der Waals surface area contributed by atoms with E-state index in [4.69, 9.17) is 4.74 Å². The molecule has 7 nitrogen and oxygen atoms in total. The lowest BCUT2D eigenvalue weighted by Gasteiger charge is -2.23. The topological polar surface area (TPSA) is 71.4 Å². The second kappa shape index (κ2) is 9.76. The first kappa shape index (κ1) is 18.9. The molecule has 0 bridgehead atoms. The molecule has 1 saturated heterocycles. The molecule has 2 unspecified atom stereocenters. The maximum atomic E-state index is 12.3. The third kappa shape index (κ3) is 5.89. The number of hydrogen-bond acceptors (Lipinski definition) is 5. The summed E-state index contributed by atoms with van der Waals surface area (Å²) in [5, 5.41) is 10.8. The van der Waals surface area contributed by atoms with Gasteiger partial charge in [0.25, 0.3) is 5.91 Å². The van der Waals surface area contributed by atoms with Crippen molar-refractivity contribution >= 4 is 5.91 Å². The fourth-order valence-corrected chi connectivity index (χ4v) is 2.90. The van der Waals surface area contributed by atoms with Crippen LogP contribution in [0.4, 0.5) is 0 Å². The molecule has 0 spiro atoms. The molecule has 1 aromatic rings. The van der Waals surface area contributed by atoms with Crippen molar-refractivity contribution in [1.29, 1.82) is 0 Å². The van der Waals surface area contributed by atoms with Crippen LogP contribution in [0.15, 0.2) is 12.3 Å². The van der Waals surface area contributed by atoms with Gasteiger partial charge in [0, 0.05) is 32.4 Å². The quantitative estimate of drug-likeness (QED) is 0.700. The van der Waals surface area contributed by atoms with Crippen LogP contribution in [0.25, 0.3) is 0 Å². The minimum Gasteiger partial charge on any atom is -0.377 e. The van der Waals surface area contributed by atoms with Crippen LogP contribution in [0, 0.1) is 0 Å². The van der Waals surface area contributed by atoms with Gasteiger partial charge in [-0.15, -0.1) is 0 Å². The Morgan fingerprint density at radius 1 is 1.58 bits per heavy atom. The van der Waals surface area contributed by atoms with E-state index < -0.39 is 0 Å². The highest BCUT2D eigenvalue weighted by molar-refractivity contribution is 5.92. The van der Waals surface area contributed by atoms with Gasteiger partial charge in [-0.2, -0.15) is 5.10 Å². The SMILES string of the molecule is CCOC(CCN(C)C)CNC(=O)c1ccn(C2CCCNC2)n1. The molecule has 136 valence electrons. The summed E-state index contributed by atoms with van der Waals surface area (Å²) >= 11 is 0. The Hall–Kier alpha value is -1.44. The van der Waals surface area contributed by atoms with E-state index in [2.05, 4.69) is 20.6 Å². The van der Waals surface area contributed by atoms with Gasteiger partial charge in [-0.25, -0.2) is 0 Å². The molecule has 24 heavy (non-hydrogen) atoms. The average Bonchev–Trinajstić information content (AvgIpc) is 3.08. The average molecular weight is 337 g/mol. The molecule has 1 aromatic heterocycles. The maximum absolute atomic E-state index is 12.3. The molecule has 1 amide bonds. The molecular formula is C17H31N5O2. The number of nitrogens with one attached hydrogen (secondary N) is 2. The lowest BCUT2D eigenvalue weighted by Crippen LogP contribution is -2.36. The Balaban J connectivity index is 1.83. The summed E-state index contributed by atoms with van der Waals surface area (Å²) in [6.45, 7) is 6.06. The Bertz CT molecular complexity index is 497. The van der Waals surface area contributed by atoms with Crippen LogP contribution in [0.5, 0.6) is 0 Å². The van der Waals surface area contributed by atoms with Crippen molar-refractivity contribution in [2.75, 3.05) is 46.9 Å². The van der Waals surface area contributed by atoms with Gasteiger partial charge in [-0.05, 0) is 52.9 Å². The fraction of sp³-hybridized carbons (Fsp3) is 0.765. The molecular weight excluding hydrogens is 306 g/mol. The van der Waals surface area contributed by atoms with E-state index in [0.29, 0.717) is 24.9 Å². The van der Waals surface area contributed by atoms with Crippen molar-refractivity contribution < 1.29 is 9.53 Å². The van der Waals surface area contributed by atoms with E-state index in [9.17, 15) is 4.79 Å². The molecule has 1 aliphatic rings. The summed E-state index contributed by atoms with van der Waals surface area (Å²) in [7, 11) is 4.07. The zero-order chi connectivity index (χ0) is 17.4. The van der Waals surface area contributed by atoms with E-state index in [-0.39, 0.29) is 12.0 Å². The number of rotatable bonds is 9. The number of ether oxygens (including phenoxy) is 1. The lowest BCUT2D eigenvalue weighted by molar-refractivity contribution is 0.0495. The monoisotopic (exact) mass is 337 g/mol.